The van der Waals surface area contributed by atoms with Crippen LogP contribution in [0, 0.1) is 12.8 Å². The second-order valence-electron chi connectivity index (χ2n) is 13.2. The first-order valence-corrected chi connectivity index (χ1v) is 16.6. The number of hydrogen-bond acceptors (Lipinski definition) is 5. The minimum Gasteiger partial charge on any atom is -0.369 e. The van der Waals surface area contributed by atoms with Crippen molar-refractivity contribution >= 4 is 35.0 Å². The highest BCUT2D eigenvalue weighted by Crippen LogP contribution is 2.39. The quantitative estimate of drug-likeness (QED) is 0.274. The normalized spacial score (nSPS) is 20.6. The summed E-state index contributed by atoms with van der Waals surface area (Å²) in [6, 6.07) is 29.6. The highest BCUT2D eigenvalue weighted by atomic mass is 16.2. The van der Waals surface area contributed by atoms with Crippen molar-refractivity contribution in [1.82, 2.24) is 9.47 Å². The Kier molecular flexibility index (Phi) is 8.41. The summed E-state index contributed by atoms with van der Waals surface area (Å²) in [7, 11) is 0. The fraction of sp³-hybridized carbons (Fsp3) is 0.308. The van der Waals surface area contributed by atoms with Crippen LogP contribution in [0.15, 0.2) is 102 Å². The number of pyridine rings is 1. The average molecular weight is 628 g/mol. The SMILES string of the molecule is Cc1cccc(N2CCN(C(=O)c3ccc(N4C[C@H]5C[C@@H](C4)c4cccc(=O)n4C5)c(NC(=O)/C=C/c4ccccc4)c3)C[C@H]2C)c1. The number of piperazine rings is 1. The highest BCUT2D eigenvalue weighted by Gasteiger charge is 2.36. The van der Waals surface area contributed by atoms with E-state index in [1.54, 1.807) is 12.1 Å². The molecule has 8 nitrogen and oxygen atoms in total. The Morgan fingerprint density at radius 2 is 1.68 bits per heavy atom. The van der Waals surface area contributed by atoms with Crippen LogP contribution in [0.1, 0.15) is 46.4 Å². The lowest BCUT2D eigenvalue weighted by Gasteiger charge is -2.44. The Bertz CT molecular complexity index is 1880. The molecule has 2 fully saturated rings. The largest absolute Gasteiger partial charge is 0.369 e. The zero-order valence-corrected chi connectivity index (χ0v) is 27.0. The van der Waals surface area contributed by atoms with Gasteiger partial charge in [-0.2, -0.15) is 0 Å². The van der Waals surface area contributed by atoms with Crippen LogP contribution >= 0.6 is 0 Å². The zero-order chi connectivity index (χ0) is 32.5. The van der Waals surface area contributed by atoms with Crippen LogP contribution < -0.4 is 20.7 Å². The van der Waals surface area contributed by atoms with E-state index in [0.29, 0.717) is 36.8 Å². The van der Waals surface area contributed by atoms with Crippen LogP contribution in [-0.4, -0.2) is 60.0 Å². The summed E-state index contributed by atoms with van der Waals surface area (Å²) < 4.78 is 1.93. The third kappa shape index (κ3) is 6.45. The number of fused-ring (bicyclic) bond motifs is 4. The van der Waals surface area contributed by atoms with Gasteiger partial charge in [-0.1, -0.05) is 48.5 Å². The van der Waals surface area contributed by atoms with Gasteiger partial charge in [0.25, 0.3) is 11.5 Å². The second-order valence-corrected chi connectivity index (χ2v) is 13.2. The summed E-state index contributed by atoms with van der Waals surface area (Å²) in [4.78, 5) is 46.4. The maximum absolute atomic E-state index is 13.9. The zero-order valence-electron chi connectivity index (χ0n) is 27.0. The lowest BCUT2D eigenvalue weighted by molar-refractivity contribution is -0.111. The van der Waals surface area contributed by atoms with Gasteiger partial charge in [0.15, 0.2) is 0 Å². The molecule has 2 amide bonds. The molecule has 8 heteroatoms. The number of aryl methyl sites for hydroxylation is 1. The van der Waals surface area contributed by atoms with Crippen molar-refractivity contribution in [2.75, 3.05) is 47.8 Å². The maximum Gasteiger partial charge on any atom is 0.254 e. The molecule has 1 aromatic heterocycles. The molecule has 1 N–H and O–H groups in total. The van der Waals surface area contributed by atoms with E-state index < -0.39 is 0 Å². The Hall–Kier alpha value is -5.11. The molecule has 4 aromatic rings. The Labute approximate surface area is 275 Å². The topological polar surface area (TPSA) is 77.9 Å². The van der Waals surface area contributed by atoms with Crippen molar-refractivity contribution in [2.45, 2.75) is 38.8 Å². The third-order valence-electron chi connectivity index (χ3n) is 9.80. The van der Waals surface area contributed by atoms with Crippen molar-refractivity contribution in [2.24, 2.45) is 5.92 Å². The van der Waals surface area contributed by atoms with Crippen LogP contribution in [0.4, 0.5) is 17.1 Å². The van der Waals surface area contributed by atoms with Crippen LogP contribution in [0.2, 0.25) is 0 Å². The van der Waals surface area contributed by atoms with E-state index in [9.17, 15) is 14.4 Å². The molecule has 2 bridgehead atoms. The van der Waals surface area contributed by atoms with Gasteiger partial charge in [-0.05, 0) is 79.8 Å². The molecule has 0 unspecified atom stereocenters. The summed E-state index contributed by atoms with van der Waals surface area (Å²) in [6.07, 6.45) is 4.36. The van der Waals surface area contributed by atoms with E-state index in [1.807, 2.05) is 64.1 Å². The fourth-order valence-electron chi connectivity index (χ4n) is 7.56. The molecule has 0 spiro atoms. The summed E-state index contributed by atoms with van der Waals surface area (Å²) >= 11 is 0. The first kappa shape index (κ1) is 30.5. The molecule has 3 aliphatic heterocycles. The predicted octanol–water partition coefficient (Wildman–Crippen LogP) is 5.78. The number of carbonyl (C=O) groups excluding carboxylic acids is 2. The van der Waals surface area contributed by atoms with Crippen molar-refractivity contribution in [1.29, 1.82) is 0 Å². The van der Waals surface area contributed by atoms with Crippen LogP contribution in [-0.2, 0) is 11.3 Å². The fourth-order valence-corrected chi connectivity index (χ4v) is 7.56. The molecule has 0 aliphatic carbocycles. The Morgan fingerprint density at radius 1 is 0.851 bits per heavy atom. The standard InChI is InChI=1S/C39H41N5O3/c1-27-8-6-11-33(20-27)43-19-18-41(23-28(43)2)39(47)31-15-16-36(34(22-31)40-37(45)17-14-29-9-4-3-5-10-29)42-24-30-21-32(26-42)35-12-7-13-38(46)44(35)25-30/h3-17,20,22,28,30,32H,18-19,21,23-26H2,1-2H3,(H,40,45)/b17-14+/t28-,30-,32+/m1/s1. The van der Waals surface area contributed by atoms with E-state index in [0.717, 1.165) is 43.0 Å². The summed E-state index contributed by atoms with van der Waals surface area (Å²) in [5.74, 6) is 0.237. The number of hydrogen-bond donors (Lipinski definition) is 1. The lowest BCUT2D eigenvalue weighted by atomic mass is 9.83. The van der Waals surface area contributed by atoms with Gasteiger partial charge in [0, 0.05) is 80.3 Å². The molecule has 3 aromatic carbocycles. The number of piperidine rings is 1. The van der Waals surface area contributed by atoms with Gasteiger partial charge in [-0.25, -0.2) is 0 Å². The number of rotatable bonds is 6. The lowest BCUT2D eigenvalue weighted by Crippen LogP contribution is -2.53. The van der Waals surface area contributed by atoms with Crippen LogP contribution in [0.5, 0.6) is 0 Å². The van der Waals surface area contributed by atoms with Gasteiger partial charge in [-0.3, -0.25) is 14.4 Å². The summed E-state index contributed by atoms with van der Waals surface area (Å²) in [5, 5.41) is 3.11. The number of benzene rings is 3. The van der Waals surface area contributed by atoms with Gasteiger partial charge in [0.05, 0.1) is 11.4 Å². The van der Waals surface area contributed by atoms with E-state index in [1.165, 1.54) is 17.3 Å². The molecule has 7 rings (SSSR count). The molecule has 0 saturated carbocycles. The number of carbonyl (C=O) groups is 2. The monoisotopic (exact) mass is 627 g/mol. The first-order valence-electron chi connectivity index (χ1n) is 16.6. The van der Waals surface area contributed by atoms with Crippen LogP contribution in [0.25, 0.3) is 6.08 Å². The maximum atomic E-state index is 13.9. The van der Waals surface area contributed by atoms with Gasteiger partial charge >= 0.3 is 0 Å². The smallest absolute Gasteiger partial charge is 0.254 e. The highest BCUT2D eigenvalue weighted by molar-refractivity contribution is 6.05. The molecule has 3 aliphatic rings. The Balaban J connectivity index is 1.15. The van der Waals surface area contributed by atoms with E-state index in [4.69, 9.17) is 0 Å². The van der Waals surface area contributed by atoms with Gasteiger partial charge in [-0.15, -0.1) is 0 Å². The first-order chi connectivity index (χ1) is 22.8. The van der Waals surface area contributed by atoms with Crippen molar-refractivity contribution < 1.29 is 9.59 Å². The number of amides is 2. The summed E-state index contributed by atoms with van der Waals surface area (Å²) in [5.41, 5.74) is 6.53. The van der Waals surface area contributed by atoms with Crippen molar-refractivity contribution in [3.05, 3.63) is 130 Å². The summed E-state index contributed by atoms with van der Waals surface area (Å²) in [6.45, 7) is 8.44. The minimum atomic E-state index is -0.255. The Morgan fingerprint density at radius 3 is 2.49 bits per heavy atom. The van der Waals surface area contributed by atoms with Gasteiger partial charge in [0.2, 0.25) is 5.91 Å². The molecule has 240 valence electrons. The van der Waals surface area contributed by atoms with Gasteiger partial charge < -0.3 is 24.6 Å². The van der Waals surface area contributed by atoms with E-state index >= 15 is 0 Å². The molecular formula is C39H41N5O3. The molecule has 47 heavy (non-hydrogen) atoms. The number of nitrogens with zero attached hydrogens (tertiary/aromatic N) is 4. The number of nitrogens with one attached hydrogen (secondary N) is 1. The third-order valence-corrected chi connectivity index (χ3v) is 9.80. The number of anilines is 3. The molecule has 0 radical (unpaired) electrons. The predicted molar refractivity (Wildman–Crippen MR) is 188 cm³/mol. The molecular weight excluding hydrogens is 586 g/mol. The van der Waals surface area contributed by atoms with Crippen LogP contribution in [0.3, 0.4) is 0 Å². The molecule has 2 saturated heterocycles. The van der Waals surface area contributed by atoms with Crippen molar-refractivity contribution in [3.63, 3.8) is 0 Å². The molecule has 4 heterocycles. The van der Waals surface area contributed by atoms with E-state index in [2.05, 4.69) is 59.3 Å². The molecule has 3 atom stereocenters. The van der Waals surface area contributed by atoms with E-state index in [-0.39, 0.29) is 29.3 Å². The second kappa shape index (κ2) is 12.9. The van der Waals surface area contributed by atoms with Crippen molar-refractivity contribution in [3.8, 4) is 0 Å². The number of aromatic nitrogens is 1. The van der Waals surface area contributed by atoms with Gasteiger partial charge in [0.1, 0.15) is 0 Å². The minimum absolute atomic E-state index is 0.0357. The average Bonchev–Trinajstić information content (AvgIpc) is 3.08.